The van der Waals surface area contributed by atoms with Crippen LogP contribution in [0, 0.1) is 0 Å². The number of carbonyl (C=O) groups excluding carboxylic acids is 1. The Morgan fingerprint density at radius 1 is 1.00 bits per heavy atom. The third-order valence-electron chi connectivity index (χ3n) is 3.40. The van der Waals surface area contributed by atoms with Crippen LogP contribution >= 0.6 is 15.9 Å². The van der Waals surface area contributed by atoms with Crippen LogP contribution in [0.25, 0.3) is 22.5 Å². The van der Waals surface area contributed by atoms with Crippen molar-refractivity contribution in [2.75, 3.05) is 0 Å². The second kappa shape index (κ2) is 6.28. The lowest BCUT2D eigenvalue weighted by molar-refractivity contribution is -0.117. The maximum absolute atomic E-state index is 11.6. The van der Waals surface area contributed by atoms with Crippen molar-refractivity contribution in [1.82, 2.24) is 9.55 Å². The van der Waals surface area contributed by atoms with E-state index < -0.39 is 0 Å². The molecule has 0 N–H and O–H groups in total. The Kier molecular flexibility index (Phi) is 4.20. The number of halogens is 1. The lowest BCUT2D eigenvalue weighted by Gasteiger charge is -2.10. The molecule has 4 heteroatoms. The van der Waals surface area contributed by atoms with Gasteiger partial charge in [-0.25, -0.2) is 4.98 Å². The first kappa shape index (κ1) is 14.7. The Labute approximate surface area is 137 Å². The normalized spacial score (nSPS) is 10.6. The first-order chi connectivity index (χ1) is 10.7. The number of carbonyl (C=O) groups is 1. The van der Waals surface area contributed by atoms with Gasteiger partial charge in [-0.1, -0.05) is 60.7 Å². The summed E-state index contributed by atoms with van der Waals surface area (Å²) in [7, 11) is 0. The zero-order valence-electron chi connectivity index (χ0n) is 12.2. The molecule has 0 amide bonds. The molecule has 3 aromatic rings. The van der Waals surface area contributed by atoms with E-state index in [1.807, 2.05) is 65.2 Å². The van der Waals surface area contributed by atoms with Crippen molar-refractivity contribution >= 4 is 21.7 Å². The minimum atomic E-state index is 0.0925. The largest absolute Gasteiger partial charge is 0.311 e. The molecule has 0 aliphatic rings. The molecule has 0 fully saturated rings. The maximum atomic E-state index is 11.6. The van der Waals surface area contributed by atoms with Crippen LogP contribution in [0.2, 0.25) is 0 Å². The van der Waals surface area contributed by atoms with Crippen LogP contribution < -0.4 is 0 Å². The van der Waals surface area contributed by atoms with Crippen molar-refractivity contribution in [3.05, 3.63) is 65.4 Å². The number of nitrogens with zero attached hydrogens (tertiary/aromatic N) is 2. The van der Waals surface area contributed by atoms with Gasteiger partial charge in [0.25, 0.3) is 0 Å². The average Bonchev–Trinajstić information content (AvgIpc) is 2.85. The zero-order valence-corrected chi connectivity index (χ0v) is 13.7. The predicted molar refractivity (Wildman–Crippen MR) is 91.5 cm³/mol. The summed E-state index contributed by atoms with van der Waals surface area (Å²) in [4.78, 5) is 16.3. The molecule has 0 radical (unpaired) electrons. The highest BCUT2D eigenvalue weighted by molar-refractivity contribution is 9.10. The van der Waals surface area contributed by atoms with E-state index in [-0.39, 0.29) is 5.78 Å². The summed E-state index contributed by atoms with van der Waals surface area (Å²) in [6.45, 7) is 1.88. The Balaban J connectivity index is 2.25. The van der Waals surface area contributed by atoms with Crippen LogP contribution in [0.15, 0.2) is 65.4 Å². The number of hydrogen-bond acceptors (Lipinski definition) is 2. The van der Waals surface area contributed by atoms with Crippen LogP contribution in [0.1, 0.15) is 6.92 Å². The van der Waals surface area contributed by atoms with Gasteiger partial charge in [-0.2, -0.15) is 0 Å². The molecule has 3 nitrogen and oxygen atoms in total. The SMILES string of the molecule is CC(=O)Cn1c(Br)nc(-c2ccccc2)c1-c1ccccc1. The zero-order chi connectivity index (χ0) is 15.5. The van der Waals surface area contributed by atoms with Gasteiger partial charge in [-0.15, -0.1) is 0 Å². The Morgan fingerprint density at radius 3 is 2.09 bits per heavy atom. The second-order valence-electron chi connectivity index (χ2n) is 5.10. The lowest BCUT2D eigenvalue weighted by Crippen LogP contribution is -2.08. The van der Waals surface area contributed by atoms with E-state index in [0.717, 1.165) is 22.5 Å². The summed E-state index contributed by atoms with van der Waals surface area (Å²) < 4.78 is 2.58. The summed E-state index contributed by atoms with van der Waals surface area (Å²) in [5, 5.41) is 0. The molecule has 0 spiro atoms. The third kappa shape index (κ3) is 2.88. The summed E-state index contributed by atoms with van der Waals surface area (Å²) >= 11 is 3.49. The van der Waals surface area contributed by atoms with Crippen LogP contribution in [-0.2, 0) is 11.3 Å². The number of aromatic nitrogens is 2. The number of ketones is 1. The van der Waals surface area contributed by atoms with E-state index in [1.165, 1.54) is 0 Å². The van der Waals surface area contributed by atoms with Crippen molar-refractivity contribution in [2.45, 2.75) is 13.5 Å². The molecule has 1 aromatic heterocycles. The van der Waals surface area contributed by atoms with Gasteiger partial charge in [0.1, 0.15) is 5.78 Å². The van der Waals surface area contributed by atoms with Gasteiger partial charge in [0.15, 0.2) is 4.73 Å². The summed E-state index contributed by atoms with van der Waals surface area (Å²) in [5.74, 6) is 0.0925. The smallest absolute Gasteiger partial charge is 0.178 e. The second-order valence-corrected chi connectivity index (χ2v) is 5.81. The molecular formula is C18H15BrN2O. The fourth-order valence-electron chi connectivity index (χ4n) is 2.48. The number of hydrogen-bond donors (Lipinski definition) is 0. The van der Waals surface area contributed by atoms with Crippen molar-refractivity contribution in [1.29, 1.82) is 0 Å². The molecule has 3 rings (SSSR count). The minimum Gasteiger partial charge on any atom is -0.311 e. The quantitative estimate of drug-likeness (QED) is 0.687. The molecular weight excluding hydrogens is 340 g/mol. The molecule has 0 bridgehead atoms. The van der Waals surface area contributed by atoms with Crippen LogP contribution in [0.3, 0.4) is 0 Å². The molecule has 22 heavy (non-hydrogen) atoms. The summed E-state index contributed by atoms with van der Waals surface area (Å²) in [6, 6.07) is 20.0. The monoisotopic (exact) mass is 354 g/mol. The van der Waals surface area contributed by atoms with Crippen molar-refractivity contribution in [3.8, 4) is 22.5 Å². The molecule has 0 unspecified atom stereocenters. The molecule has 110 valence electrons. The Morgan fingerprint density at radius 2 is 1.55 bits per heavy atom. The van der Waals surface area contributed by atoms with E-state index in [2.05, 4.69) is 20.9 Å². The van der Waals surface area contributed by atoms with Crippen molar-refractivity contribution in [3.63, 3.8) is 0 Å². The highest BCUT2D eigenvalue weighted by atomic mass is 79.9. The molecule has 0 aliphatic carbocycles. The molecule has 1 heterocycles. The lowest BCUT2D eigenvalue weighted by atomic mass is 10.0. The van der Waals surface area contributed by atoms with Crippen LogP contribution in [0.4, 0.5) is 0 Å². The predicted octanol–water partition coefficient (Wildman–Crippen LogP) is 4.57. The number of benzene rings is 2. The number of imidazole rings is 1. The van der Waals surface area contributed by atoms with Gasteiger partial charge in [0.2, 0.25) is 0 Å². The molecule has 0 saturated carbocycles. The van der Waals surface area contributed by atoms with E-state index >= 15 is 0 Å². The molecule has 2 aromatic carbocycles. The number of rotatable bonds is 4. The topological polar surface area (TPSA) is 34.9 Å². The Bertz CT molecular complexity index is 795. The van der Waals surface area contributed by atoms with Crippen LogP contribution in [0.5, 0.6) is 0 Å². The third-order valence-corrected chi connectivity index (χ3v) is 4.00. The van der Waals surface area contributed by atoms with Crippen molar-refractivity contribution in [2.24, 2.45) is 0 Å². The van der Waals surface area contributed by atoms with Gasteiger partial charge in [0.05, 0.1) is 17.9 Å². The summed E-state index contributed by atoms with van der Waals surface area (Å²) in [6.07, 6.45) is 0. The fourth-order valence-corrected chi connectivity index (χ4v) is 2.96. The highest BCUT2D eigenvalue weighted by Gasteiger charge is 2.19. The number of Topliss-reactive ketones (excluding diaryl/α,β-unsaturated/α-hetero) is 1. The maximum Gasteiger partial charge on any atom is 0.178 e. The minimum absolute atomic E-state index is 0.0925. The van der Waals surface area contributed by atoms with E-state index in [1.54, 1.807) is 6.92 Å². The van der Waals surface area contributed by atoms with Gasteiger partial charge >= 0.3 is 0 Å². The molecule has 0 atom stereocenters. The first-order valence-corrected chi connectivity index (χ1v) is 7.82. The van der Waals surface area contributed by atoms with Gasteiger partial charge in [-0.05, 0) is 22.9 Å². The van der Waals surface area contributed by atoms with E-state index in [0.29, 0.717) is 11.3 Å². The summed E-state index contributed by atoms with van der Waals surface area (Å²) in [5.41, 5.74) is 3.90. The van der Waals surface area contributed by atoms with Gasteiger partial charge in [0, 0.05) is 11.1 Å². The van der Waals surface area contributed by atoms with Crippen LogP contribution in [-0.4, -0.2) is 15.3 Å². The first-order valence-electron chi connectivity index (χ1n) is 7.03. The van der Waals surface area contributed by atoms with Gasteiger partial charge in [-0.3, -0.25) is 4.79 Å². The van der Waals surface area contributed by atoms with E-state index in [4.69, 9.17) is 0 Å². The fraction of sp³-hybridized carbons (Fsp3) is 0.111. The van der Waals surface area contributed by atoms with E-state index in [9.17, 15) is 4.79 Å². The highest BCUT2D eigenvalue weighted by Crippen LogP contribution is 2.34. The Hall–Kier alpha value is -2.20. The molecule has 0 saturated heterocycles. The van der Waals surface area contributed by atoms with Crippen molar-refractivity contribution < 1.29 is 4.79 Å². The van der Waals surface area contributed by atoms with Gasteiger partial charge < -0.3 is 4.57 Å². The average molecular weight is 355 g/mol. The molecule has 0 aliphatic heterocycles. The standard InChI is InChI=1S/C18H15BrN2O/c1-13(22)12-21-17(15-10-6-3-7-11-15)16(20-18(21)19)14-8-4-2-5-9-14/h2-11H,12H2,1H3.